The zero-order valence-corrected chi connectivity index (χ0v) is 27.7. The third-order valence-corrected chi connectivity index (χ3v) is 11.6. The van der Waals surface area contributed by atoms with Crippen molar-refractivity contribution in [2.24, 2.45) is 17.8 Å². The topological polar surface area (TPSA) is 103 Å². The average Bonchev–Trinajstić information content (AvgIpc) is 3.50. The van der Waals surface area contributed by atoms with Crippen LogP contribution in [0.5, 0.6) is 0 Å². The van der Waals surface area contributed by atoms with Gasteiger partial charge in [0.05, 0.1) is 24.9 Å². The largest absolute Gasteiger partial charge is 0.392 e. The van der Waals surface area contributed by atoms with Crippen molar-refractivity contribution in [1.82, 2.24) is 15.5 Å². The summed E-state index contributed by atoms with van der Waals surface area (Å²) in [6.07, 6.45) is 7.99. The van der Waals surface area contributed by atoms with E-state index in [1.54, 1.807) is 0 Å². The first kappa shape index (κ1) is 32.0. The van der Waals surface area contributed by atoms with E-state index >= 15 is 0 Å². The van der Waals surface area contributed by atoms with Gasteiger partial charge in [0.2, 0.25) is 0 Å². The van der Waals surface area contributed by atoms with Gasteiger partial charge in [0, 0.05) is 43.7 Å². The summed E-state index contributed by atoms with van der Waals surface area (Å²) in [4.78, 5) is 15.4. The summed E-state index contributed by atoms with van der Waals surface area (Å²) in [6, 6.07) is 24.7. The van der Waals surface area contributed by atoms with Crippen molar-refractivity contribution in [1.29, 1.82) is 0 Å². The Bertz CT molecular complexity index is 1560. The molecule has 3 aromatic rings. The third-order valence-electron chi connectivity index (χ3n) is 11.6. The summed E-state index contributed by atoms with van der Waals surface area (Å²) in [7, 11) is 0. The van der Waals surface area contributed by atoms with E-state index in [0.717, 1.165) is 89.9 Å². The number of carbonyl (C=O) groups is 1. The number of carbonyl (C=O) groups excluding carboxylic acids is 1. The molecule has 8 heteroatoms. The van der Waals surface area contributed by atoms with E-state index < -0.39 is 6.29 Å². The number of nitrogens with one attached hydrogen (secondary N) is 2. The van der Waals surface area contributed by atoms with Gasteiger partial charge in [0.25, 0.3) is 0 Å². The molecule has 0 spiro atoms. The Labute approximate surface area is 283 Å². The smallest absolute Gasteiger partial charge is 0.315 e. The van der Waals surface area contributed by atoms with Crippen LogP contribution in [0.25, 0.3) is 11.1 Å². The molecule has 2 amide bonds. The van der Waals surface area contributed by atoms with Crippen LogP contribution < -0.4 is 10.6 Å². The Morgan fingerprint density at radius 2 is 1.54 bits per heavy atom. The van der Waals surface area contributed by atoms with Crippen molar-refractivity contribution < 1.29 is 24.5 Å². The second-order valence-electron chi connectivity index (χ2n) is 15.4. The van der Waals surface area contributed by atoms with Gasteiger partial charge in [-0.1, -0.05) is 60.7 Å². The van der Waals surface area contributed by atoms with Crippen molar-refractivity contribution in [3.8, 4) is 11.1 Å². The van der Waals surface area contributed by atoms with E-state index in [0.29, 0.717) is 19.5 Å². The lowest BCUT2D eigenvalue weighted by Crippen LogP contribution is -2.61. The van der Waals surface area contributed by atoms with Gasteiger partial charge in [-0.25, -0.2) is 4.79 Å². The van der Waals surface area contributed by atoms with E-state index in [9.17, 15) is 15.0 Å². The van der Waals surface area contributed by atoms with Crippen LogP contribution in [0.4, 0.5) is 4.79 Å². The highest BCUT2D eigenvalue weighted by Gasteiger charge is 2.51. The Balaban J connectivity index is 0.950. The minimum Gasteiger partial charge on any atom is -0.392 e. The van der Waals surface area contributed by atoms with Crippen molar-refractivity contribution in [2.45, 2.75) is 94.7 Å². The summed E-state index contributed by atoms with van der Waals surface area (Å²) in [5.41, 5.74) is 6.09. The maximum atomic E-state index is 13.1. The molecule has 4 bridgehead atoms. The molecule has 2 saturated heterocycles. The first-order chi connectivity index (χ1) is 23.4. The predicted octanol–water partition coefficient (Wildman–Crippen LogP) is 6.23. The highest BCUT2D eigenvalue weighted by molar-refractivity contribution is 5.75. The Hall–Kier alpha value is -3.27. The molecule has 48 heavy (non-hydrogen) atoms. The molecular weight excluding hydrogens is 602 g/mol. The maximum Gasteiger partial charge on any atom is 0.315 e. The lowest BCUT2D eigenvalue weighted by Gasteiger charge is -2.56. The molecule has 4 N–H and O–H groups in total. The number of amides is 2. The number of ether oxygens (including phenoxy) is 2. The Morgan fingerprint density at radius 3 is 2.23 bits per heavy atom. The molecule has 4 saturated carbocycles. The fraction of sp³-hybridized carbons (Fsp3) is 0.525. The highest BCUT2D eigenvalue weighted by atomic mass is 16.7. The van der Waals surface area contributed by atoms with Gasteiger partial charge in [-0.3, -0.25) is 4.90 Å². The van der Waals surface area contributed by atoms with Crippen molar-refractivity contribution in [2.75, 3.05) is 19.6 Å². The van der Waals surface area contributed by atoms with Gasteiger partial charge in [-0.2, -0.15) is 0 Å². The number of urea groups is 1. The van der Waals surface area contributed by atoms with Crippen molar-refractivity contribution in [3.05, 3.63) is 95.1 Å². The Morgan fingerprint density at radius 1 is 0.833 bits per heavy atom. The molecule has 9 rings (SSSR count). The zero-order chi connectivity index (χ0) is 32.7. The van der Waals surface area contributed by atoms with E-state index in [1.165, 1.54) is 19.3 Å². The summed E-state index contributed by atoms with van der Waals surface area (Å²) in [5.74, 6) is 2.38. The van der Waals surface area contributed by atoms with Gasteiger partial charge in [0.15, 0.2) is 6.29 Å². The Kier molecular flexibility index (Phi) is 9.03. The average molecular weight is 652 g/mol. The van der Waals surface area contributed by atoms with Crippen LogP contribution in [0.2, 0.25) is 0 Å². The zero-order valence-electron chi connectivity index (χ0n) is 27.7. The molecule has 2 heterocycles. The van der Waals surface area contributed by atoms with Crippen molar-refractivity contribution >= 4 is 6.03 Å². The summed E-state index contributed by atoms with van der Waals surface area (Å²) in [5, 5.41) is 26.2. The summed E-state index contributed by atoms with van der Waals surface area (Å²) >= 11 is 0. The van der Waals surface area contributed by atoms with Crippen LogP contribution in [-0.2, 0) is 22.6 Å². The van der Waals surface area contributed by atoms with Crippen LogP contribution in [0.3, 0.4) is 0 Å². The van der Waals surface area contributed by atoms with Gasteiger partial charge in [0.1, 0.15) is 0 Å². The lowest BCUT2D eigenvalue weighted by atomic mass is 9.53. The SMILES string of the molecule is O=C(NCc1cccc(-c2cccc(C3OC(CN4CCC(O)C4)CC(c4ccc(CO)cc4)O3)c2)c1)NC12CC3CC(CC(C3)C1)C2. The first-order valence-corrected chi connectivity index (χ1v) is 18.0. The summed E-state index contributed by atoms with van der Waals surface area (Å²) in [6.45, 7) is 2.77. The van der Waals surface area contributed by atoms with Crippen LogP contribution in [0, 0.1) is 17.8 Å². The molecule has 4 atom stereocenters. The fourth-order valence-corrected chi connectivity index (χ4v) is 9.76. The maximum absolute atomic E-state index is 13.1. The number of benzene rings is 3. The van der Waals surface area contributed by atoms with E-state index in [-0.39, 0.29) is 36.5 Å². The number of aliphatic hydroxyl groups excluding tert-OH is 2. The van der Waals surface area contributed by atoms with Gasteiger partial charge in [-0.15, -0.1) is 0 Å². The lowest BCUT2D eigenvalue weighted by molar-refractivity contribution is -0.252. The molecule has 4 aliphatic carbocycles. The minimum absolute atomic E-state index is 0.00100. The molecule has 254 valence electrons. The van der Waals surface area contributed by atoms with Crippen molar-refractivity contribution in [3.63, 3.8) is 0 Å². The molecule has 8 nitrogen and oxygen atoms in total. The molecule has 6 aliphatic rings. The second-order valence-corrected chi connectivity index (χ2v) is 15.4. The van der Waals surface area contributed by atoms with Crippen LogP contribution in [0.15, 0.2) is 72.8 Å². The molecule has 6 fully saturated rings. The van der Waals surface area contributed by atoms with E-state index in [2.05, 4.69) is 58.0 Å². The first-order valence-electron chi connectivity index (χ1n) is 18.0. The fourth-order valence-electron chi connectivity index (χ4n) is 9.76. The number of β-amino-alcohol motifs (C(OH)–C–C–N with tert-alkyl or cyclic N) is 1. The predicted molar refractivity (Wildman–Crippen MR) is 184 cm³/mol. The number of hydrogen-bond acceptors (Lipinski definition) is 6. The summed E-state index contributed by atoms with van der Waals surface area (Å²) < 4.78 is 13.2. The number of hydrogen-bond donors (Lipinski definition) is 4. The third kappa shape index (κ3) is 7.05. The monoisotopic (exact) mass is 651 g/mol. The normalized spacial score (nSPS) is 32.8. The van der Waals surface area contributed by atoms with Crippen LogP contribution in [0.1, 0.15) is 86.0 Å². The number of rotatable bonds is 9. The van der Waals surface area contributed by atoms with Gasteiger partial charge >= 0.3 is 6.03 Å². The van der Waals surface area contributed by atoms with Crippen LogP contribution in [-0.4, -0.2) is 58.5 Å². The molecule has 3 aromatic carbocycles. The molecule has 2 aliphatic heterocycles. The van der Waals surface area contributed by atoms with E-state index in [4.69, 9.17) is 9.47 Å². The minimum atomic E-state index is -0.545. The highest BCUT2D eigenvalue weighted by Crippen LogP contribution is 2.55. The molecular formula is C40H49N3O5. The van der Waals surface area contributed by atoms with Gasteiger partial charge < -0.3 is 30.3 Å². The number of likely N-dealkylation sites (tertiary alicyclic amines) is 1. The molecule has 0 radical (unpaired) electrons. The molecule has 4 unspecified atom stereocenters. The number of nitrogens with zero attached hydrogens (tertiary/aromatic N) is 1. The van der Waals surface area contributed by atoms with Gasteiger partial charge in [-0.05, 0) is 103 Å². The second kappa shape index (κ2) is 13.6. The van der Waals surface area contributed by atoms with Crippen LogP contribution >= 0.6 is 0 Å². The van der Waals surface area contributed by atoms with E-state index in [1.807, 2.05) is 30.3 Å². The quantitative estimate of drug-likeness (QED) is 0.219. The standard InChI is InChI=1S/C40H49N3O5/c44-25-26-7-9-31(10-8-26)37-18-36(24-43-12-11-35(45)23-43)47-38(48-37)34-6-2-5-33(17-34)32-4-1-3-27(16-32)22-41-39(46)42-40-19-28-13-29(20-40)15-30(14-28)21-40/h1-10,16-17,28-30,35-38,44-45H,11-15,18-25H2,(H2,41,42,46). The molecule has 0 aromatic heterocycles. The number of aliphatic hydroxyl groups is 2.